The number of nitrogens with one attached hydrogen (secondary N) is 2. The molecule has 1 aromatic carbocycles. The Balaban J connectivity index is 1.75. The number of carbonyl (C=O) groups excluding carboxylic acids is 1. The second-order valence-electron chi connectivity index (χ2n) is 4.67. The van der Waals surface area contributed by atoms with Crippen molar-refractivity contribution < 1.29 is 4.79 Å². The van der Waals surface area contributed by atoms with Crippen LogP contribution in [0.1, 0.15) is 6.42 Å². The number of carbonyl (C=O) groups is 1. The number of H-pyrrole nitrogens is 1. The number of aryl methyl sites for hydroxylation is 1. The number of fused-ring (bicyclic) bond motifs is 1. The molecule has 8 heteroatoms. The molecule has 3 aromatic rings. The summed E-state index contributed by atoms with van der Waals surface area (Å²) < 4.78 is 2.25. The second-order valence-corrected chi connectivity index (χ2v) is 5.59. The summed E-state index contributed by atoms with van der Waals surface area (Å²) in [6.07, 6.45) is 3.17. The maximum absolute atomic E-state index is 12.4. The third-order valence-electron chi connectivity index (χ3n) is 3.14. The Kier molecular flexibility index (Phi) is 4.01. The number of aromatic amines is 1. The maximum atomic E-state index is 12.4. The Morgan fingerprint density at radius 1 is 1.36 bits per heavy atom. The van der Waals surface area contributed by atoms with Crippen molar-refractivity contribution in [3.63, 3.8) is 0 Å². The van der Waals surface area contributed by atoms with Gasteiger partial charge >= 0.3 is 0 Å². The van der Waals surface area contributed by atoms with Crippen molar-refractivity contribution >= 4 is 38.6 Å². The lowest BCUT2D eigenvalue weighted by Crippen LogP contribution is -2.23. The molecule has 0 fully saturated rings. The minimum atomic E-state index is -0.203. The van der Waals surface area contributed by atoms with Crippen LogP contribution in [0.2, 0.25) is 0 Å². The molecule has 0 atom stereocenters. The Morgan fingerprint density at radius 3 is 3.00 bits per heavy atom. The first-order valence-corrected chi connectivity index (χ1v) is 7.37. The van der Waals surface area contributed by atoms with Gasteiger partial charge in [0, 0.05) is 23.5 Å². The van der Waals surface area contributed by atoms with Gasteiger partial charge < -0.3 is 5.32 Å². The smallest absolute Gasteiger partial charge is 0.261 e. The lowest BCUT2D eigenvalue weighted by atomic mass is 10.2. The minimum Gasteiger partial charge on any atom is -0.311 e. The molecule has 0 saturated carbocycles. The molecule has 0 radical (unpaired) electrons. The quantitative estimate of drug-likeness (QED) is 0.742. The molecule has 2 heterocycles. The molecule has 0 aliphatic carbocycles. The monoisotopic (exact) mass is 361 g/mol. The Morgan fingerprint density at radius 2 is 2.23 bits per heavy atom. The van der Waals surface area contributed by atoms with E-state index < -0.39 is 0 Å². The van der Waals surface area contributed by atoms with Crippen LogP contribution in [0.15, 0.2) is 46.1 Å². The van der Waals surface area contributed by atoms with E-state index in [9.17, 15) is 9.59 Å². The van der Waals surface area contributed by atoms with E-state index in [0.717, 1.165) is 4.47 Å². The fraction of sp³-hybridized carbons (Fsp3) is 0.143. The average Bonchev–Trinajstić information content (AvgIpc) is 3.00. The Hall–Kier alpha value is -2.48. The van der Waals surface area contributed by atoms with Crippen LogP contribution in [0.5, 0.6) is 0 Å². The zero-order chi connectivity index (χ0) is 15.5. The van der Waals surface area contributed by atoms with Crippen LogP contribution in [-0.4, -0.2) is 25.7 Å². The van der Waals surface area contributed by atoms with E-state index >= 15 is 0 Å². The first-order valence-electron chi connectivity index (χ1n) is 6.57. The molecule has 2 aromatic heterocycles. The molecule has 3 rings (SSSR count). The minimum absolute atomic E-state index is 0.166. The highest BCUT2D eigenvalue weighted by Gasteiger charge is 2.07. The highest BCUT2D eigenvalue weighted by molar-refractivity contribution is 9.10. The molecule has 7 nitrogen and oxygen atoms in total. The summed E-state index contributed by atoms with van der Waals surface area (Å²) >= 11 is 3.34. The van der Waals surface area contributed by atoms with E-state index in [1.165, 1.54) is 10.9 Å². The summed E-state index contributed by atoms with van der Waals surface area (Å²) in [4.78, 5) is 28.4. The van der Waals surface area contributed by atoms with Gasteiger partial charge in [-0.25, -0.2) is 4.98 Å². The van der Waals surface area contributed by atoms with E-state index in [2.05, 4.69) is 36.4 Å². The van der Waals surface area contributed by atoms with Gasteiger partial charge in [-0.2, -0.15) is 5.10 Å². The number of aromatic nitrogens is 4. The van der Waals surface area contributed by atoms with Gasteiger partial charge in [-0.1, -0.05) is 15.9 Å². The Bertz CT molecular complexity index is 873. The number of rotatable bonds is 4. The van der Waals surface area contributed by atoms with Crippen LogP contribution in [0, 0.1) is 0 Å². The lowest BCUT2D eigenvalue weighted by Gasteiger charge is -2.07. The van der Waals surface area contributed by atoms with Crippen molar-refractivity contribution in [3.05, 3.63) is 51.6 Å². The van der Waals surface area contributed by atoms with Crippen molar-refractivity contribution in [2.45, 2.75) is 13.0 Å². The van der Waals surface area contributed by atoms with Crippen molar-refractivity contribution in [3.8, 4) is 0 Å². The van der Waals surface area contributed by atoms with E-state index in [4.69, 9.17) is 0 Å². The molecule has 112 valence electrons. The molecule has 0 saturated heterocycles. The normalized spacial score (nSPS) is 10.8. The van der Waals surface area contributed by atoms with E-state index in [1.807, 2.05) is 6.07 Å². The van der Waals surface area contributed by atoms with Gasteiger partial charge in [0.25, 0.3) is 5.56 Å². The van der Waals surface area contributed by atoms with Gasteiger partial charge in [0.05, 0.1) is 23.4 Å². The molecule has 0 aliphatic heterocycles. The molecule has 0 bridgehead atoms. The number of hydrogen-bond donors (Lipinski definition) is 2. The summed E-state index contributed by atoms with van der Waals surface area (Å²) in [5.74, 6) is 0.323. The molecule has 0 aliphatic rings. The summed E-state index contributed by atoms with van der Waals surface area (Å²) in [5.41, 5.74) is 0.465. The van der Waals surface area contributed by atoms with Crippen molar-refractivity contribution in [2.75, 3.05) is 5.32 Å². The maximum Gasteiger partial charge on any atom is 0.261 e. The predicted molar refractivity (Wildman–Crippen MR) is 85.5 cm³/mol. The summed E-state index contributed by atoms with van der Waals surface area (Å²) in [5, 5.41) is 9.56. The third kappa shape index (κ3) is 3.06. The zero-order valence-corrected chi connectivity index (χ0v) is 13.0. The van der Waals surface area contributed by atoms with Crippen LogP contribution < -0.4 is 10.9 Å². The van der Waals surface area contributed by atoms with Crippen LogP contribution in [0.25, 0.3) is 10.9 Å². The fourth-order valence-electron chi connectivity index (χ4n) is 2.05. The number of amides is 1. The van der Waals surface area contributed by atoms with Crippen molar-refractivity contribution in [2.24, 2.45) is 0 Å². The largest absolute Gasteiger partial charge is 0.311 e. The van der Waals surface area contributed by atoms with Crippen LogP contribution >= 0.6 is 15.9 Å². The number of benzene rings is 1. The highest BCUT2D eigenvalue weighted by Crippen LogP contribution is 2.14. The zero-order valence-electron chi connectivity index (χ0n) is 11.4. The van der Waals surface area contributed by atoms with Crippen molar-refractivity contribution in [1.82, 2.24) is 19.7 Å². The molecule has 22 heavy (non-hydrogen) atoms. The Labute approximate surface area is 133 Å². The van der Waals surface area contributed by atoms with Gasteiger partial charge in [0.15, 0.2) is 0 Å². The SMILES string of the molecule is O=C(CCn1cnc2ccc(Br)cc2c1=O)Nc1ccn[nH]1. The molecule has 0 spiro atoms. The van der Waals surface area contributed by atoms with E-state index in [-0.39, 0.29) is 24.4 Å². The number of nitrogens with zero attached hydrogens (tertiary/aromatic N) is 3. The topological polar surface area (TPSA) is 92.7 Å². The number of anilines is 1. The number of halogens is 1. The number of hydrogen-bond acceptors (Lipinski definition) is 4. The van der Waals surface area contributed by atoms with Gasteiger partial charge in [-0.05, 0) is 18.2 Å². The second kappa shape index (κ2) is 6.10. The van der Waals surface area contributed by atoms with Gasteiger partial charge in [0.1, 0.15) is 5.82 Å². The average molecular weight is 362 g/mol. The molecule has 2 N–H and O–H groups in total. The molecule has 1 amide bonds. The van der Waals surface area contributed by atoms with Crippen molar-refractivity contribution in [1.29, 1.82) is 0 Å². The lowest BCUT2D eigenvalue weighted by molar-refractivity contribution is -0.116. The van der Waals surface area contributed by atoms with Crippen LogP contribution in [-0.2, 0) is 11.3 Å². The van der Waals surface area contributed by atoms with Crippen LogP contribution in [0.4, 0.5) is 5.82 Å². The van der Waals surface area contributed by atoms with Crippen LogP contribution in [0.3, 0.4) is 0 Å². The standard InChI is InChI=1S/C14H12BrN5O2/c15-9-1-2-11-10(7-9)14(22)20(8-16-11)6-4-13(21)18-12-3-5-17-19-12/h1-3,5,7-8H,4,6H2,(H2,17,18,19,21). The molecular formula is C14H12BrN5O2. The predicted octanol–water partition coefficient (Wildman–Crippen LogP) is 1.91. The third-order valence-corrected chi connectivity index (χ3v) is 3.63. The van der Waals surface area contributed by atoms with Gasteiger partial charge in [-0.3, -0.25) is 19.3 Å². The first kappa shape index (κ1) is 14.5. The highest BCUT2D eigenvalue weighted by atomic mass is 79.9. The summed E-state index contributed by atoms with van der Waals surface area (Å²) in [6, 6.07) is 6.98. The fourth-order valence-corrected chi connectivity index (χ4v) is 2.41. The first-order chi connectivity index (χ1) is 10.6. The van der Waals surface area contributed by atoms with E-state index in [0.29, 0.717) is 16.7 Å². The van der Waals surface area contributed by atoms with E-state index in [1.54, 1.807) is 24.4 Å². The molecule has 0 unspecified atom stereocenters. The van der Waals surface area contributed by atoms with Gasteiger partial charge in [-0.15, -0.1) is 0 Å². The van der Waals surface area contributed by atoms with Gasteiger partial charge in [0.2, 0.25) is 5.91 Å². The molecular weight excluding hydrogens is 350 g/mol. The summed E-state index contributed by atoms with van der Waals surface area (Å²) in [7, 11) is 0. The summed E-state index contributed by atoms with van der Waals surface area (Å²) in [6.45, 7) is 0.258.